The van der Waals surface area contributed by atoms with Gasteiger partial charge in [-0.25, -0.2) is 0 Å². The van der Waals surface area contributed by atoms with Crippen molar-refractivity contribution in [2.75, 3.05) is 11.9 Å². The summed E-state index contributed by atoms with van der Waals surface area (Å²) >= 11 is 5.93. The van der Waals surface area contributed by atoms with Crippen molar-refractivity contribution in [2.45, 2.75) is 12.8 Å². The van der Waals surface area contributed by atoms with Gasteiger partial charge in [0.2, 0.25) is 5.91 Å². The number of non-ortho nitro benzene ring substituents is 1. The highest BCUT2D eigenvalue weighted by atomic mass is 35.5. The molecule has 0 bridgehead atoms. The first kappa shape index (κ1) is 16.9. The van der Waals surface area contributed by atoms with Crippen molar-refractivity contribution in [3.05, 3.63) is 62.7 Å². The van der Waals surface area contributed by atoms with Gasteiger partial charge in [0.25, 0.3) is 5.69 Å². The SMILES string of the molecule is O=C1CCc2cc(C(=O)COc3ccc([N+](=O)[O-])cc3Cl)ccc2N1. The Bertz CT molecular complexity index is 881. The molecule has 0 saturated heterocycles. The summed E-state index contributed by atoms with van der Waals surface area (Å²) in [6, 6.07) is 8.83. The third-order valence-corrected chi connectivity index (χ3v) is 4.10. The maximum Gasteiger partial charge on any atom is 0.271 e. The maximum absolute atomic E-state index is 12.3. The second kappa shape index (κ2) is 6.90. The Kier molecular flexibility index (Phi) is 4.67. The van der Waals surface area contributed by atoms with E-state index in [1.165, 1.54) is 18.2 Å². The fraction of sp³-hybridized carbons (Fsp3) is 0.176. The zero-order valence-electron chi connectivity index (χ0n) is 13.0. The summed E-state index contributed by atoms with van der Waals surface area (Å²) in [5.41, 5.74) is 1.93. The number of nitro benzene ring substituents is 1. The van der Waals surface area contributed by atoms with Crippen LogP contribution in [0.25, 0.3) is 0 Å². The number of benzene rings is 2. The van der Waals surface area contributed by atoms with Crippen LogP contribution in [-0.4, -0.2) is 23.2 Å². The van der Waals surface area contributed by atoms with Crippen molar-refractivity contribution in [2.24, 2.45) is 0 Å². The number of amides is 1. The normalized spacial score (nSPS) is 12.9. The summed E-state index contributed by atoms with van der Waals surface area (Å²) in [5.74, 6) is -0.0947. The Morgan fingerprint density at radius 2 is 2.04 bits per heavy atom. The third-order valence-electron chi connectivity index (χ3n) is 3.81. The molecule has 0 aliphatic carbocycles. The van der Waals surface area contributed by atoms with Crippen molar-refractivity contribution >= 4 is 34.7 Å². The van der Waals surface area contributed by atoms with Crippen molar-refractivity contribution in [1.82, 2.24) is 0 Å². The lowest BCUT2D eigenvalue weighted by Gasteiger charge is -2.17. The van der Waals surface area contributed by atoms with Gasteiger partial charge in [-0.05, 0) is 36.2 Å². The number of nitro groups is 1. The number of nitrogens with zero attached hydrogens (tertiary/aromatic N) is 1. The number of hydrogen-bond acceptors (Lipinski definition) is 5. The lowest BCUT2D eigenvalue weighted by molar-refractivity contribution is -0.384. The lowest BCUT2D eigenvalue weighted by atomic mass is 9.99. The number of fused-ring (bicyclic) bond motifs is 1. The molecular weight excluding hydrogens is 348 g/mol. The number of carbonyl (C=O) groups excluding carboxylic acids is 2. The average molecular weight is 361 g/mol. The van der Waals surface area contributed by atoms with E-state index in [0.717, 1.165) is 5.56 Å². The van der Waals surface area contributed by atoms with Crippen LogP contribution in [0, 0.1) is 10.1 Å². The number of nitrogens with one attached hydrogen (secondary N) is 1. The third kappa shape index (κ3) is 3.77. The minimum atomic E-state index is -0.563. The molecule has 1 aliphatic rings. The van der Waals surface area contributed by atoms with E-state index in [0.29, 0.717) is 24.1 Å². The molecule has 2 aromatic rings. The Morgan fingerprint density at radius 1 is 1.24 bits per heavy atom. The van der Waals surface area contributed by atoms with Crippen LogP contribution >= 0.6 is 11.6 Å². The molecule has 8 heteroatoms. The standard InChI is InChI=1S/C17H13ClN2O5/c18-13-8-12(20(23)24)3-5-16(13)25-9-15(21)11-1-4-14-10(7-11)2-6-17(22)19-14/h1,3-5,7-8H,2,6,9H2,(H,19,22). The second-order valence-electron chi connectivity index (χ2n) is 5.50. The number of halogens is 1. The van der Waals surface area contributed by atoms with Gasteiger partial charge in [0.05, 0.1) is 9.95 Å². The molecule has 0 unspecified atom stereocenters. The van der Waals surface area contributed by atoms with E-state index in [9.17, 15) is 19.7 Å². The van der Waals surface area contributed by atoms with Gasteiger partial charge in [-0.15, -0.1) is 0 Å². The van der Waals surface area contributed by atoms with E-state index in [-0.39, 0.29) is 34.8 Å². The first-order valence-electron chi connectivity index (χ1n) is 7.47. The van der Waals surface area contributed by atoms with Crippen molar-refractivity contribution < 1.29 is 19.2 Å². The topological polar surface area (TPSA) is 98.5 Å². The molecule has 0 spiro atoms. The van der Waals surface area contributed by atoms with Crippen LogP contribution in [0.1, 0.15) is 22.3 Å². The molecule has 2 aromatic carbocycles. The van der Waals surface area contributed by atoms with Crippen molar-refractivity contribution in [1.29, 1.82) is 0 Å². The largest absolute Gasteiger partial charge is 0.484 e. The molecule has 3 rings (SSSR count). The molecule has 0 radical (unpaired) electrons. The van der Waals surface area contributed by atoms with E-state index in [1.807, 2.05) is 0 Å². The average Bonchev–Trinajstić information content (AvgIpc) is 2.59. The molecular formula is C17H13ClN2O5. The Hall–Kier alpha value is -2.93. The van der Waals surface area contributed by atoms with E-state index in [1.54, 1.807) is 18.2 Å². The number of aryl methyl sites for hydroxylation is 1. The summed E-state index contributed by atoms with van der Waals surface area (Å²) < 4.78 is 5.38. The second-order valence-corrected chi connectivity index (χ2v) is 5.91. The van der Waals surface area contributed by atoms with Gasteiger partial charge in [0.1, 0.15) is 5.75 Å². The smallest absolute Gasteiger partial charge is 0.271 e. The number of rotatable bonds is 5. The van der Waals surface area contributed by atoms with Gasteiger partial charge in [-0.1, -0.05) is 11.6 Å². The van der Waals surface area contributed by atoms with Gasteiger partial charge >= 0.3 is 0 Å². The molecule has 0 saturated carbocycles. The number of anilines is 1. The Morgan fingerprint density at radius 3 is 2.76 bits per heavy atom. The highest BCUT2D eigenvalue weighted by Crippen LogP contribution is 2.29. The van der Waals surface area contributed by atoms with Gasteiger partial charge in [-0.3, -0.25) is 19.7 Å². The first-order chi connectivity index (χ1) is 11.9. The minimum Gasteiger partial charge on any atom is -0.484 e. The van der Waals surface area contributed by atoms with Crippen LogP contribution in [0.3, 0.4) is 0 Å². The molecule has 7 nitrogen and oxygen atoms in total. The number of Topliss-reactive ketones (excluding diaryl/α,β-unsaturated/α-hetero) is 1. The van der Waals surface area contributed by atoms with Crippen LogP contribution in [0.4, 0.5) is 11.4 Å². The molecule has 1 aliphatic heterocycles. The van der Waals surface area contributed by atoms with Crippen LogP contribution in [0.15, 0.2) is 36.4 Å². The summed E-state index contributed by atoms with van der Waals surface area (Å²) in [7, 11) is 0. The fourth-order valence-corrected chi connectivity index (χ4v) is 2.73. The zero-order chi connectivity index (χ0) is 18.0. The molecule has 0 atom stereocenters. The summed E-state index contributed by atoms with van der Waals surface area (Å²) in [6.45, 7) is -0.247. The Balaban J connectivity index is 1.69. The molecule has 25 heavy (non-hydrogen) atoms. The number of carbonyl (C=O) groups is 2. The van der Waals surface area contributed by atoms with Crippen molar-refractivity contribution in [3.63, 3.8) is 0 Å². The number of ether oxygens (including phenoxy) is 1. The first-order valence-corrected chi connectivity index (χ1v) is 7.84. The van der Waals surface area contributed by atoms with Crippen LogP contribution in [-0.2, 0) is 11.2 Å². The monoisotopic (exact) mass is 360 g/mol. The van der Waals surface area contributed by atoms with Crippen LogP contribution in [0.5, 0.6) is 5.75 Å². The van der Waals surface area contributed by atoms with E-state index in [4.69, 9.17) is 16.3 Å². The van der Waals surface area contributed by atoms with Gasteiger partial charge < -0.3 is 10.1 Å². The van der Waals surface area contributed by atoms with E-state index < -0.39 is 4.92 Å². The highest BCUT2D eigenvalue weighted by molar-refractivity contribution is 6.32. The van der Waals surface area contributed by atoms with Crippen LogP contribution < -0.4 is 10.1 Å². The predicted molar refractivity (Wildman–Crippen MR) is 91.3 cm³/mol. The van der Waals surface area contributed by atoms with Crippen LogP contribution in [0.2, 0.25) is 5.02 Å². The number of ketones is 1. The molecule has 1 N–H and O–H groups in total. The molecule has 1 amide bonds. The predicted octanol–water partition coefficient (Wildman–Crippen LogP) is 3.39. The lowest BCUT2D eigenvalue weighted by Crippen LogP contribution is -2.20. The van der Waals surface area contributed by atoms with Gasteiger partial charge in [0, 0.05) is 29.8 Å². The Labute approximate surface area is 147 Å². The fourth-order valence-electron chi connectivity index (χ4n) is 2.50. The molecule has 0 aromatic heterocycles. The highest BCUT2D eigenvalue weighted by Gasteiger charge is 2.17. The van der Waals surface area contributed by atoms with E-state index >= 15 is 0 Å². The molecule has 1 heterocycles. The molecule has 0 fully saturated rings. The maximum atomic E-state index is 12.3. The van der Waals surface area contributed by atoms with Crippen molar-refractivity contribution in [3.8, 4) is 5.75 Å². The molecule has 128 valence electrons. The summed E-state index contributed by atoms with van der Waals surface area (Å²) in [4.78, 5) is 33.8. The number of hydrogen-bond donors (Lipinski definition) is 1. The minimum absolute atomic E-state index is 0.0391. The summed E-state index contributed by atoms with van der Waals surface area (Å²) in [6.07, 6.45) is 0.969. The quantitative estimate of drug-likeness (QED) is 0.500. The van der Waals surface area contributed by atoms with E-state index in [2.05, 4.69) is 5.32 Å². The zero-order valence-corrected chi connectivity index (χ0v) is 13.7. The summed E-state index contributed by atoms with van der Waals surface area (Å²) in [5, 5.41) is 13.5. The van der Waals surface area contributed by atoms with Gasteiger partial charge in [0.15, 0.2) is 12.4 Å². The van der Waals surface area contributed by atoms with Gasteiger partial charge in [-0.2, -0.15) is 0 Å².